The van der Waals surface area contributed by atoms with Crippen LogP contribution in [-0.2, 0) is 5.88 Å². The van der Waals surface area contributed by atoms with Crippen LogP contribution in [-0.4, -0.2) is 9.97 Å². The molecule has 1 heterocycles. The van der Waals surface area contributed by atoms with Gasteiger partial charge in [-0.3, -0.25) is 0 Å². The molecule has 3 heteroatoms. The summed E-state index contributed by atoms with van der Waals surface area (Å²) in [6, 6.07) is 18.3. The molecule has 3 rings (SSSR count). The number of benzene rings is 2. The van der Waals surface area contributed by atoms with E-state index in [2.05, 4.69) is 41.2 Å². The van der Waals surface area contributed by atoms with Crippen molar-refractivity contribution in [2.75, 3.05) is 0 Å². The second-order valence-corrected chi connectivity index (χ2v) is 4.69. The van der Waals surface area contributed by atoms with Crippen molar-refractivity contribution in [2.24, 2.45) is 0 Å². The van der Waals surface area contributed by atoms with Crippen LogP contribution in [0.5, 0.6) is 0 Å². The second-order valence-electron chi connectivity index (χ2n) is 4.42. The lowest BCUT2D eigenvalue weighted by atomic mass is 10.1. The van der Waals surface area contributed by atoms with Gasteiger partial charge in [0.1, 0.15) is 5.82 Å². The number of imidazole rings is 1. The van der Waals surface area contributed by atoms with Gasteiger partial charge in [-0.25, -0.2) is 4.98 Å². The van der Waals surface area contributed by atoms with Crippen molar-refractivity contribution in [1.29, 1.82) is 0 Å². The molecule has 2 aromatic carbocycles. The summed E-state index contributed by atoms with van der Waals surface area (Å²) in [7, 11) is 0. The van der Waals surface area contributed by atoms with Crippen LogP contribution in [0.2, 0.25) is 0 Å². The van der Waals surface area contributed by atoms with E-state index in [0.29, 0.717) is 5.88 Å². The van der Waals surface area contributed by atoms with Gasteiger partial charge < -0.3 is 4.98 Å². The molecule has 0 unspecified atom stereocenters. The van der Waals surface area contributed by atoms with Gasteiger partial charge in [-0.2, -0.15) is 0 Å². The summed E-state index contributed by atoms with van der Waals surface area (Å²) in [4.78, 5) is 7.22. The maximum absolute atomic E-state index is 5.53. The van der Waals surface area contributed by atoms with Gasteiger partial charge in [-0.1, -0.05) is 60.2 Å². The van der Waals surface area contributed by atoms with Crippen molar-refractivity contribution in [3.8, 4) is 11.4 Å². The number of hydrogen-bond donors (Lipinski definition) is 1. The van der Waals surface area contributed by atoms with E-state index in [1.165, 1.54) is 11.1 Å². The molecule has 0 atom stereocenters. The number of H-pyrrole nitrogens is 1. The predicted octanol–water partition coefficient (Wildman–Crippen LogP) is 4.81. The van der Waals surface area contributed by atoms with Crippen molar-refractivity contribution in [1.82, 2.24) is 9.97 Å². The van der Waals surface area contributed by atoms with Crippen molar-refractivity contribution < 1.29 is 0 Å². The first-order valence-corrected chi connectivity index (χ1v) is 6.99. The zero-order valence-corrected chi connectivity index (χ0v) is 12.1. The number of hydrogen-bond acceptors (Lipinski definition) is 1. The van der Waals surface area contributed by atoms with Crippen LogP contribution < -0.4 is 0 Å². The van der Waals surface area contributed by atoms with Gasteiger partial charge in [0.15, 0.2) is 0 Å². The quantitative estimate of drug-likeness (QED) is 0.672. The van der Waals surface area contributed by atoms with Crippen molar-refractivity contribution in [3.63, 3.8) is 0 Å². The highest BCUT2D eigenvalue weighted by Gasteiger charge is 1.96. The molecule has 2 nitrogen and oxygen atoms in total. The fourth-order valence-electron chi connectivity index (χ4n) is 1.70. The third kappa shape index (κ3) is 4.25. The standard InChI is InChI=1S/C10H10N2.C7H7Cl/c1-8-2-4-9(5-3-8)10-11-6-7-12-10;8-6-7-4-2-1-3-5-7/h2-7H,1H3,(H,11,12);1-5H,6H2. The molecule has 0 amide bonds. The molecule has 0 saturated carbocycles. The number of alkyl halides is 1. The Morgan fingerprint density at radius 1 is 1.00 bits per heavy atom. The van der Waals surface area contributed by atoms with E-state index in [-0.39, 0.29) is 0 Å². The van der Waals surface area contributed by atoms with Crippen LogP contribution >= 0.6 is 11.6 Å². The van der Waals surface area contributed by atoms with E-state index in [0.717, 1.165) is 11.4 Å². The van der Waals surface area contributed by atoms with Gasteiger partial charge in [0.2, 0.25) is 0 Å². The molecule has 20 heavy (non-hydrogen) atoms. The van der Waals surface area contributed by atoms with Gasteiger partial charge in [-0.05, 0) is 12.5 Å². The van der Waals surface area contributed by atoms with E-state index in [9.17, 15) is 0 Å². The zero-order valence-electron chi connectivity index (χ0n) is 11.4. The molecule has 0 bridgehead atoms. The van der Waals surface area contributed by atoms with E-state index in [1.807, 2.05) is 36.5 Å². The van der Waals surface area contributed by atoms with Crippen LogP contribution in [0.1, 0.15) is 11.1 Å². The first-order chi connectivity index (χ1) is 9.79. The number of rotatable bonds is 2. The van der Waals surface area contributed by atoms with Crippen LogP contribution in [0.25, 0.3) is 11.4 Å². The Kier molecular flexibility index (Phi) is 5.39. The fraction of sp³-hybridized carbons (Fsp3) is 0.118. The molecule has 0 fully saturated rings. The minimum Gasteiger partial charge on any atom is -0.345 e. The summed E-state index contributed by atoms with van der Waals surface area (Å²) in [5.74, 6) is 1.54. The molecule has 0 radical (unpaired) electrons. The van der Waals surface area contributed by atoms with Crippen LogP contribution in [0.15, 0.2) is 67.0 Å². The van der Waals surface area contributed by atoms with Crippen molar-refractivity contribution >= 4 is 11.6 Å². The second kappa shape index (κ2) is 7.51. The minimum absolute atomic E-state index is 0.612. The normalized spacial score (nSPS) is 9.70. The van der Waals surface area contributed by atoms with Gasteiger partial charge in [0.05, 0.1) is 0 Å². The van der Waals surface area contributed by atoms with Crippen molar-refractivity contribution in [3.05, 3.63) is 78.1 Å². The maximum Gasteiger partial charge on any atom is 0.137 e. The first-order valence-electron chi connectivity index (χ1n) is 6.46. The molecule has 3 aromatic rings. The molecule has 0 aliphatic carbocycles. The summed E-state index contributed by atoms with van der Waals surface area (Å²) >= 11 is 5.53. The summed E-state index contributed by atoms with van der Waals surface area (Å²) in [5.41, 5.74) is 3.57. The minimum atomic E-state index is 0.612. The zero-order chi connectivity index (χ0) is 14.2. The Morgan fingerprint density at radius 2 is 1.70 bits per heavy atom. The number of nitrogens with zero attached hydrogens (tertiary/aromatic N) is 1. The van der Waals surface area contributed by atoms with Gasteiger partial charge >= 0.3 is 0 Å². The van der Waals surface area contributed by atoms with E-state index >= 15 is 0 Å². The molecule has 0 spiro atoms. The van der Waals surface area contributed by atoms with E-state index in [1.54, 1.807) is 6.20 Å². The Hall–Kier alpha value is -2.06. The summed E-state index contributed by atoms with van der Waals surface area (Å²) in [6.07, 6.45) is 3.59. The highest BCUT2D eigenvalue weighted by Crippen LogP contribution is 2.14. The lowest BCUT2D eigenvalue weighted by Crippen LogP contribution is -1.79. The number of halogens is 1. The molecule has 0 saturated heterocycles. The Balaban J connectivity index is 0.000000160. The number of aryl methyl sites for hydroxylation is 1. The fourth-order valence-corrected chi connectivity index (χ4v) is 1.88. The monoisotopic (exact) mass is 284 g/mol. The van der Waals surface area contributed by atoms with E-state index in [4.69, 9.17) is 11.6 Å². The molecule has 1 aromatic heterocycles. The summed E-state index contributed by atoms with van der Waals surface area (Å²) in [5, 5.41) is 0. The third-order valence-corrected chi connectivity index (χ3v) is 3.13. The number of aromatic nitrogens is 2. The van der Waals surface area contributed by atoms with Gasteiger partial charge in [0, 0.05) is 23.8 Å². The summed E-state index contributed by atoms with van der Waals surface area (Å²) in [6.45, 7) is 2.08. The highest BCUT2D eigenvalue weighted by atomic mass is 35.5. The van der Waals surface area contributed by atoms with Gasteiger partial charge in [-0.15, -0.1) is 11.6 Å². The van der Waals surface area contributed by atoms with Crippen molar-refractivity contribution in [2.45, 2.75) is 12.8 Å². The largest absolute Gasteiger partial charge is 0.345 e. The summed E-state index contributed by atoms with van der Waals surface area (Å²) < 4.78 is 0. The lowest BCUT2D eigenvalue weighted by Gasteiger charge is -1.96. The number of aromatic amines is 1. The first kappa shape index (κ1) is 14.4. The average molecular weight is 285 g/mol. The molecule has 1 N–H and O–H groups in total. The Morgan fingerprint density at radius 3 is 2.20 bits per heavy atom. The molecular weight excluding hydrogens is 268 g/mol. The Bertz CT molecular complexity index is 601. The predicted molar refractivity (Wildman–Crippen MR) is 84.8 cm³/mol. The topological polar surface area (TPSA) is 28.7 Å². The third-order valence-electron chi connectivity index (χ3n) is 2.82. The van der Waals surface area contributed by atoms with Crippen LogP contribution in [0.4, 0.5) is 0 Å². The smallest absolute Gasteiger partial charge is 0.137 e. The van der Waals surface area contributed by atoms with Crippen LogP contribution in [0.3, 0.4) is 0 Å². The maximum atomic E-state index is 5.53. The highest BCUT2D eigenvalue weighted by molar-refractivity contribution is 6.17. The average Bonchev–Trinajstić information content (AvgIpc) is 3.04. The van der Waals surface area contributed by atoms with E-state index < -0.39 is 0 Å². The SMILES string of the molecule is Cc1ccc(-c2ncc[nH]2)cc1.ClCc1ccccc1. The Labute approximate surface area is 124 Å². The molecule has 0 aliphatic heterocycles. The van der Waals surface area contributed by atoms with Crippen LogP contribution in [0, 0.1) is 6.92 Å². The number of nitrogens with one attached hydrogen (secondary N) is 1. The molecule has 102 valence electrons. The van der Waals surface area contributed by atoms with Gasteiger partial charge in [0.25, 0.3) is 0 Å². The molecular formula is C17H17ClN2. The molecule has 0 aliphatic rings. The lowest BCUT2D eigenvalue weighted by molar-refractivity contribution is 1.30.